The molecule has 3 rings (SSSR count). The Balaban J connectivity index is 1.98. The monoisotopic (exact) mass is 442 g/mol. The molecular formula is C20H25ClF2N4O3. The standard InChI is InChI=1S/C20H25ClF2N4O3/c1-9-15(21)14-16(25-9)12(18(24)28)6-13(23)17(14)27-7-10(22)5-11(8-27)26-19(29)30-20(2,3)4/h6,10-11,25H,5,7-8H2,1-4H3,(H2,24,28)(H,26,29)/t10-,11-/m0/s1. The van der Waals surface area contributed by atoms with E-state index in [4.69, 9.17) is 22.1 Å². The van der Waals surface area contributed by atoms with Crippen LogP contribution in [-0.4, -0.2) is 47.9 Å². The van der Waals surface area contributed by atoms with E-state index in [1.807, 2.05) is 0 Å². The normalized spacial score (nSPS) is 19.8. The number of ether oxygens (including phenoxy) is 1. The maximum absolute atomic E-state index is 15.1. The van der Waals surface area contributed by atoms with E-state index in [-0.39, 0.29) is 41.2 Å². The number of carbonyl (C=O) groups excluding carboxylic acids is 2. The molecule has 0 spiro atoms. The van der Waals surface area contributed by atoms with Crippen LogP contribution in [0.25, 0.3) is 10.9 Å². The number of piperidine rings is 1. The predicted molar refractivity (Wildman–Crippen MR) is 111 cm³/mol. The number of nitrogens with zero attached hydrogens (tertiary/aromatic N) is 1. The average molecular weight is 443 g/mol. The van der Waals surface area contributed by atoms with Gasteiger partial charge in [0.15, 0.2) is 0 Å². The number of benzene rings is 1. The number of alkyl halides is 1. The number of nitrogens with two attached hydrogens (primary N) is 1. The molecular weight excluding hydrogens is 418 g/mol. The molecule has 2 aromatic rings. The smallest absolute Gasteiger partial charge is 0.407 e. The van der Waals surface area contributed by atoms with Gasteiger partial charge in [0.1, 0.15) is 17.6 Å². The van der Waals surface area contributed by atoms with Gasteiger partial charge < -0.3 is 25.7 Å². The zero-order valence-corrected chi connectivity index (χ0v) is 18.0. The molecule has 1 saturated heterocycles. The molecule has 10 heteroatoms. The lowest BCUT2D eigenvalue weighted by Gasteiger charge is -2.37. The van der Waals surface area contributed by atoms with Crippen molar-refractivity contribution in [3.05, 3.63) is 28.2 Å². The van der Waals surface area contributed by atoms with Crippen LogP contribution in [0, 0.1) is 12.7 Å². The molecule has 0 radical (unpaired) electrons. The Morgan fingerprint density at radius 2 is 2.03 bits per heavy atom. The summed E-state index contributed by atoms with van der Waals surface area (Å²) in [6.07, 6.45) is -1.92. The van der Waals surface area contributed by atoms with Gasteiger partial charge in [-0.1, -0.05) is 11.6 Å². The van der Waals surface area contributed by atoms with E-state index < -0.39 is 35.6 Å². The topological polar surface area (TPSA) is 100 Å². The highest BCUT2D eigenvalue weighted by Crippen LogP contribution is 2.40. The van der Waals surface area contributed by atoms with Gasteiger partial charge in [0.05, 0.1) is 27.8 Å². The number of hydrogen-bond acceptors (Lipinski definition) is 4. The van der Waals surface area contributed by atoms with Gasteiger partial charge in [0, 0.05) is 30.6 Å². The number of aryl methyl sites for hydroxylation is 1. The van der Waals surface area contributed by atoms with E-state index in [9.17, 15) is 14.0 Å². The van der Waals surface area contributed by atoms with Crippen LogP contribution in [0.1, 0.15) is 43.2 Å². The highest BCUT2D eigenvalue weighted by Gasteiger charge is 2.33. The molecule has 2 atom stereocenters. The number of aromatic amines is 1. The molecule has 1 fully saturated rings. The Kier molecular flexibility index (Phi) is 5.86. The molecule has 0 aliphatic carbocycles. The van der Waals surface area contributed by atoms with E-state index >= 15 is 4.39 Å². The molecule has 1 aromatic heterocycles. The number of hydrogen-bond donors (Lipinski definition) is 3. The second-order valence-electron chi connectivity index (χ2n) is 8.51. The highest BCUT2D eigenvalue weighted by atomic mass is 35.5. The number of nitrogens with one attached hydrogen (secondary N) is 2. The van der Waals surface area contributed by atoms with Crippen molar-refractivity contribution < 1.29 is 23.1 Å². The molecule has 1 aromatic carbocycles. The summed E-state index contributed by atoms with van der Waals surface area (Å²) in [4.78, 5) is 28.3. The van der Waals surface area contributed by atoms with Crippen LogP contribution in [0.15, 0.2) is 6.07 Å². The SMILES string of the molecule is Cc1[nH]c2c(C(N)=O)cc(F)c(N3C[C@@H](F)C[C@H](NC(=O)OC(C)(C)C)C3)c2c1Cl. The first-order valence-electron chi connectivity index (χ1n) is 9.56. The van der Waals surface area contributed by atoms with E-state index in [1.54, 1.807) is 27.7 Å². The molecule has 2 amide bonds. The van der Waals surface area contributed by atoms with Gasteiger partial charge in [-0.3, -0.25) is 4.79 Å². The molecule has 0 unspecified atom stereocenters. The second kappa shape index (κ2) is 7.94. The number of primary amides is 1. The molecule has 0 bridgehead atoms. The van der Waals surface area contributed by atoms with Gasteiger partial charge in [0.25, 0.3) is 5.91 Å². The van der Waals surface area contributed by atoms with E-state index in [1.165, 1.54) is 4.90 Å². The van der Waals surface area contributed by atoms with Crippen molar-refractivity contribution >= 4 is 40.2 Å². The molecule has 164 valence electrons. The fourth-order valence-electron chi connectivity index (χ4n) is 3.72. The van der Waals surface area contributed by atoms with Crippen molar-refractivity contribution in [3.63, 3.8) is 0 Å². The summed E-state index contributed by atoms with van der Waals surface area (Å²) < 4.78 is 34.9. The third-order valence-corrected chi connectivity index (χ3v) is 5.29. The molecule has 4 N–H and O–H groups in total. The number of rotatable bonds is 3. The number of H-pyrrole nitrogens is 1. The maximum atomic E-state index is 15.1. The predicted octanol–water partition coefficient (Wildman–Crippen LogP) is 3.81. The number of halogens is 3. The van der Waals surface area contributed by atoms with E-state index in [2.05, 4.69) is 10.3 Å². The van der Waals surface area contributed by atoms with Crippen LogP contribution in [0.3, 0.4) is 0 Å². The zero-order chi connectivity index (χ0) is 22.4. The second-order valence-corrected chi connectivity index (χ2v) is 8.89. The van der Waals surface area contributed by atoms with Crippen LogP contribution in [0.5, 0.6) is 0 Å². The number of alkyl carbamates (subject to hydrolysis) is 1. The molecule has 1 aliphatic rings. The van der Waals surface area contributed by atoms with Gasteiger partial charge in [-0.2, -0.15) is 0 Å². The molecule has 1 aliphatic heterocycles. The van der Waals surface area contributed by atoms with E-state index in [0.29, 0.717) is 11.2 Å². The van der Waals surface area contributed by atoms with Crippen LogP contribution in [0.4, 0.5) is 19.3 Å². The lowest BCUT2D eigenvalue weighted by Crippen LogP contribution is -2.52. The Morgan fingerprint density at radius 1 is 1.37 bits per heavy atom. The van der Waals surface area contributed by atoms with Crippen LogP contribution >= 0.6 is 11.6 Å². The Morgan fingerprint density at radius 3 is 2.63 bits per heavy atom. The Hall–Kier alpha value is -2.55. The summed E-state index contributed by atoms with van der Waals surface area (Å²) in [5.74, 6) is -1.56. The number of fused-ring (bicyclic) bond motifs is 1. The quantitative estimate of drug-likeness (QED) is 0.672. The van der Waals surface area contributed by atoms with Gasteiger partial charge in [0.2, 0.25) is 0 Å². The van der Waals surface area contributed by atoms with Crippen molar-refractivity contribution in [1.29, 1.82) is 0 Å². The molecule has 2 heterocycles. The lowest BCUT2D eigenvalue weighted by molar-refractivity contribution is 0.0490. The van der Waals surface area contributed by atoms with Crippen molar-refractivity contribution in [2.75, 3.05) is 18.0 Å². The van der Waals surface area contributed by atoms with Gasteiger partial charge in [-0.05, 0) is 33.8 Å². The minimum absolute atomic E-state index is 0.0431. The summed E-state index contributed by atoms with van der Waals surface area (Å²) in [7, 11) is 0. The summed E-state index contributed by atoms with van der Waals surface area (Å²) in [6, 6.07) is 0.414. The minimum atomic E-state index is -1.32. The van der Waals surface area contributed by atoms with Gasteiger partial charge in [-0.15, -0.1) is 0 Å². The number of anilines is 1. The van der Waals surface area contributed by atoms with Gasteiger partial charge >= 0.3 is 6.09 Å². The maximum Gasteiger partial charge on any atom is 0.407 e. The van der Waals surface area contributed by atoms with Crippen molar-refractivity contribution in [2.45, 2.75) is 51.9 Å². The summed E-state index contributed by atoms with van der Waals surface area (Å²) in [6.45, 7) is 6.90. The van der Waals surface area contributed by atoms with Crippen LogP contribution in [0.2, 0.25) is 5.02 Å². The summed E-state index contributed by atoms with van der Waals surface area (Å²) in [5.41, 5.74) is 5.51. The first-order valence-corrected chi connectivity index (χ1v) is 9.93. The number of carbonyl (C=O) groups is 2. The van der Waals surface area contributed by atoms with Crippen LogP contribution < -0.4 is 16.0 Å². The third-order valence-electron chi connectivity index (χ3n) is 4.82. The van der Waals surface area contributed by atoms with E-state index in [0.717, 1.165) is 6.07 Å². The van der Waals surface area contributed by atoms with Crippen molar-refractivity contribution in [3.8, 4) is 0 Å². The lowest BCUT2D eigenvalue weighted by atomic mass is 10.0. The molecule has 0 saturated carbocycles. The fraction of sp³-hybridized carbons (Fsp3) is 0.500. The minimum Gasteiger partial charge on any atom is -0.444 e. The molecule has 30 heavy (non-hydrogen) atoms. The fourth-order valence-corrected chi connectivity index (χ4v) is 3.95. The Bertz CT molecular complexity index is 1000. The average Bonchev–Trinajstić information content (AvgIpc) is 2.87. The van der Waals surface area contributed by atoms with Gasteiger partial charge in [-0.25, -0.2) is 13.6 Å². The van der Waals surface area contributed by atoms with Crippen molar-refractivity contribution in [1.82, 2.24) is 10.3 Å². The highest BCUT2D eigenvalue weighted by molar-refractivity contribution is 6.38. The van der Waals surface area contributed by atoms with Crippen LogP contribution in [-0.2, 0) is 4.74 Å². The summed E-state index contributed by atoms with van der Waals surface area (Å²) in [5, 5.41) is 3.12. The largest absolute Gasteiger partial charge is 0.444 e. The zero-order valence-electron chi connectivity index (χ0n) is 17.2. The molecule has 7 nitrogen and oxygen atoms in total. The first kappa shape index (κ1) is 22.1. The Labute approximate surface area is 177 Å². The first-order chi connectivity index (χ1) is 13.9. The third kappa shape index (κ3) is 4.45. The summed E-state index contributed by atoms with van der Waals surface area (Å²) >= 11 is 6.38. The van der Waals surface area contributed by atoms with Crippen molar-refractivity contribution in [2.24, 2.45) is 5.73 Å². The number of aromatic nitrogens is 1. The number of amides is 2.